The monoisotopic (exact) mass is 269 g/mol. The van der Waals surface area contributed by atoms with Crippen LogP contribution in [0.1, 0.15) is 0 Å². The van der Waals surface area contributed by atoms with Gasteiger partial charge >= 0.3 is 5.22 Å². The highest BCUT2D eigenvalue weighted by atomic mass is 32.2. The number of sulfone groups is 1. The van der Waals surface area contributed by atoms with Gasteiger partial charge in [0.25, 0.3) is 0 Å². The van der Waals surface area contributed by atoms with Crippen molar-refractivity contribution in [1.82, 2.24) is 10.3 Å². The Hall–Kier alpha value is -2.09. The van der Waals surface area contributed by atoms with Gasteiger partial charge in [-0.05, 0) is 18.2 Å². The first-order chi connectivity index (χ1) is 8.42. The second-order valence-corrected chi connectivity index (χ2v) is 5.51. The van der Waals surface area contributed by atoms with Crippen LogP contribution in [0, 0.1) is 0 Å². The van der Waals surface area contributed by atoms with E-state index < -0.39 is 26.7 Å². The molecule has 0 aliphatic rings. The zero-order chi connectivity index (χ0) is 13.3. The Kier molecular flexibility index (Phi) is 2.95. The van der Waals surface area contributed by atoms with Gasteiger partial charge in [0, 0.05) is 12.7 Å². The van der Waals surface area contributed by atoms with Gasteiger partial charge in [-0.15, -0.1) is 0 Å². The van der Waals surface area contributed by atoms with E-state index in [4.69, 9.17) is 10.2 Å². The van der Waals surface area contributed by atoms with Crippen LogP contribution in [-0.2, 0) is 14.6 Å². The second kappa shape index (κ2) is 4.30. The van der Waals surface area contributed by atoms with Gasteiger partial charge in [-0.3, -0.25) is 4.79 Å². The van der Waals surface area contributed by atoms with Crippen LogP contribution < -0.4 is 11.1 Å². The lowest BCUT2D eigenvalue weighted by Gasteiger charge is -1.97. The summed E-state index contributed by atoms with van der Waals surface area (Å²) in [6.45, 7) is 0. The van der Waals surface area contributed by atoms with Crippen LogP contribution in [0.5, 0.6) is 0 Å². The van der Waals surface area contributed by atoms with Crippen LogP contribution >= 0.6 is 0 Å². The normalized spacial score (nSPS) is 11.6. The molecule has 8 heteroatoms. The summed E-state index contributed by atoms with van der Waals surface area (Å²) in [5, 5.41) is 1.75. The van der Waals surface area contributed by atoms with Crippen LogP contribution in [-0.4, -0.2) is 32.1 Å². The molecule has 96 valence electrons. The average Bonchev–Trinajstić information content (AvgIpc) is 2.71. The van der Waals surface area contributed by atoms with Crippen molar-refractivity contribution in [1.29, 1.82) is 0 Å². The molecule has 0 saturated heterocycles. The Morgan fingerprint density at radius 1 is 1.50 bits per heavy atom. The topological polar surface area (TPSA) is 115 Å². The van der Waals surface area contributed by atoms with Crippen LogP contribution in [0.3, 0.4) is 0 Å². The summed E-state index contributed by atoms with van der Waals surface area (Å²) in [7, 11) is -2.53. The lowest BCUT2D eigenvalue weighted by molar-refractivity contribution is -0.118. The number of nitrogens with one attached hydrogen (secondary N) is 1. The Labute approximate surface area is 103 Å². The zero-order valence-corrected chi connectivity index (χ0v) is 10.3. The van der Waals surface area contributed by atoms with Crippen LogP contribution in [0.4, 0.5) is 5.69 Å². The fourth-order valence-electron chi connectivity index (χ4n) is 1.36. The molecule has 3 N–H and O–H groups in total. The number of amides is 1. The Balaban J connectivity index is 2.45. The van der Waals surface area contributed by atoms with Crippen molar-refractivity contribution < 1.29 is 17.6 Å². The Morgan fingerprint density at radius 2 is 2.22 bits per heavy atom. The predicted octanol–water partition coefficient (Wildman–Crippen LogP) is -0.0703. The van der Waals surface area contributed by atoms with Gasteiger partial charge in [0.2, 0.25) is 15.7 Å². The van der Waals surface area contributed by atoms with E-state index in [1.54, 1.807) is 6.07 Å². The minimum atomic E-state index is -3.88. The molecule has 2 aromatic rings. The molecule has 0 unspecified atom stereocenters. The third kappa shape index (κ3) is 2.28. The molecule has 0 radical (unpaired) electrons. The molecule has 18 heavy (non-hydrogen) atoms. The van der Waals surface area contributed by atoms with E-state index in [9.17, 15) is 13.2 Å². The summed E-state index contributed by atoms with van der Waals surface area (Å²) in [4.78, 5) is 14.9. The van der Waals surface area contributed by atoms with Crippen molar-refractivity contribution in [2.75, 3.05) is 18.5 Å². The van der Waals surface area contributed by atoms with E-state index in [2.05, 4.69) is 10.3 Å². The smallest absolute Gasteiger partial charge is 0.316 e. The van der Waals surface area contributed by atoms with Crippen molar-refractivity contribution in [2.24, 2.45) is 0 Å². The minimum absolute atomic E-state index is 0.305. The maximum Gasteiger partial charge on any atom is 0.316 e. The van der Waals surface area contributed by atoms with E-state index in [1.807, 2.05) is 0 Å². The lowest BCUT2D eigenvalue weighted by Crippen LogP contribution is -2.27. The van der Waals surface area contributed by atoms with Gasteiger partial charge in [-0.1, -0.05) is 0 Å². The van der Waals surface area contributed by atoms with Crippen molar-refractivity contribution in [3.05, 3.63) is 18.2 Å². The molecule has 0 bridgehead atoms. The molecule has 0 aliphatic heterocycles. The number of hydrogen-bond donors (Lipinski definition) is 2. The first kappa shape index (κ1) is 12.4. The summed E-state index contributed by atoms with van der Waals surface area (Å²) in [5.74, 6) is -1.33. The van der Waals surface area contributed by atoms with Gasteiger partial charge in [-0.2, -0.15) is 4.98 Å². The number of hydrogen-bond acceptors (Lipinski definition) is 6. The second-order valence-electron chi connectivity index (χ2n) is 3.64. The van der Waals surface area contributed by atoms with E-state index >= 15 is 0 Å². The van der Waals surface area contributed by atoms with Gasteiger partial charge in [0.15, 0.2) is 5.58 Å². The van der Waals surface area contributed by atoms with Crippen LogP contribution in [0.15, 0.2) is 27.8 Å². The molecule has 1 aromatic heterocycles. The lowest BCUT2D eigenvalue weighted by atomic mass is 10.3. The van der Waals surface area contributed by atoms with E-state index in [1.165, 1.54) is 19.2 Å². The highest BCUT2D eigenvalue weighted by Gasteiger charge is 2.24. The Morgan fingerprint density at radius 3 is 2.89 bits per heavy atom. The van der Waals surface area contributed by atoms with Crippen molar-refractivity contribution in [3.63, 3.8) is 0 Å². The number of anilines is 1. The maximum absolute atomic E-state index is 11.8. The highest BCUT2D eigenvalue weighted by Crippen LogP contribution is 2.21. The number of nitrogens with two attached hydrogens (primary N) is 1. The van der Waals surface area contributed by atoms with E-state index in [0.717, 1.165) is 0 Å². The minimum Gasteiger partial charge on any atom is -0.428 e. The molecule has 1 heterocycles. The number of aromatic nitrogens is 1. The summed E-state index contributed by atoms with van der Waals surface area (Å²) >= 11 is 0. The standard InChI is InChI=1S/C10H11N3O4S/c1-12-9(14)5-18(15,16)10-13-7-4-6(11)2-3-8(7)17-10/h2-4H,5,11H2,1H3,(H,12,14). The van der Waals surface area contributed by atoms with Crippen LogP contribution in [0.2, 0.25) is 0 Å². The highest BCUT2D eigenvalue weighted by molar-refractivity contribution is 7.91. The summed E-state index contributed by atoms with van der Waals surface area (Å²) in [6, 6.07) is 4.59. The van der Waals surface area contributed by atoms with Crippen LogP contribution in [0.25, 0.3) is 11.1 Å². The quantitative estimate of drug-likeness (QED) is 0.753. The number of rotatable bonds is 3. The fourth-order valence-corrected chi connectivity index (χ4v) is 2.43. The first-order valence-electron chi connectivity index (χ1n) is 5.02. The number of benzene rings is 1. The number of fused-ring (bicyclic) bond motifs is 1. The molecule has 0 saturated carbocycles. The molecular formula is C10H11N3O4S. The zero-order valence-electron chi connectivity index (χ0n) is 9.50. The third-order valence-electron chi connectivity index (χ3n) is 2.26. The molecule has 2 rings (SSSR count). The predicted molar refractivity (Wildman–Crippen MR) is 64.5 cm³/mol. The van der Waals surface area contributed by atoms with Gasteiger partial charge in [-0.25, -0.2) is 8.42 Å². The number of carbonyl (C=O) groups is 1. The number of nitrogens with zero attached hydrogens (tertiary/aromatic N) is 1. The Bertz CT molecular complexity index is 705. The van der Waals surface area contributed by atoms with E-state index in [0.29, 0.717) is 16.8 Å². The molecular weight excluding hydrogens is 258 g/mol. The number of oxazole rings is 1. The molecule has 0 aliphatic carbocycles. The SMILES string of the molecule is CNC(=O)CS(=O)(=O)c1nc2cc(N)ccc2o1. The van der Waals surface area contributed by atoms with E-state index in [-0.39, 0.29) is 0 Å². The summed E-state index contributed by atoms with van der Waals surface area (Å²) in [5.41, 5.74) is 6.64. The summed E-state index contributed by atoms with van der Waals surface area (Å²) < 4.78 is 28.7. The molecule has 1 amide bonds. The van der Waals surface area contributed by atoms with Crippen molar-refractivity contribution in [3.8, 4) is 0 Å². The fraction of sp³-hybridized carbons (Fsp3) is 0.200. The molecule has 1 aromatic carbocycles. The maximum atomic E-state index is 11.8. The average molecular weight is 269 g/mol. The first-order valence-corrected chi connectivity index (χ1v) is 6.67. The molecule has 7 nitrogen and oxygen atoms in total. The largest absolute Gasteiger partial charge is 0.428 e. The van der Waals surface area contributed by atoms with Gasteiger partial charge in [0.1, 0.15) is 11.3 Å². The van der Waals surface area contributed by atoms with Gasteiger partial charge in [0.05, 0.1) is 0 Å². The van der Waals surface area contributed by atoms with Gasteiger partial charge < -0.3 is 15.5 Å². The van der Waals surface area contributed by atoms with Crippen molar-refractivity contribution in [2.45, 2.75) is 5.22 Å². The third-order valence-corrected chi connectivity index (χ3v) is 3.61. The number of carbonyl (C=O) groups excluding carboxylic acids is 1. The van der Waals surface area contributed by atoms with Crippen molar-refractivity contribution >= 4 is 32.5 Å². The summed E-state index contributed by atoms with van der Waals surface area (Å²) in [6.07, 6.45) is 0. The molecule has 0 fully saturated rings. The number of nitrogen functional groups attached to an aromatic ring is 1. The molecule has 0 spiro atoms. The molecule has 0 atom stereocenters.